The first-order valence-corrected chi connectivity index (χ1v) is 9.05. The molecule has 0 unspecified atom stereocenters. The van der Waals surface area contributed by atoms with E-state index in [1.807, 2.05) is 48.5 Å². The Bertz CT molecular complexity index is 1030. The molecule has 4 aromatic rings. The number of hydrogen-bond acceptors (Lipinski definition) is 6. The molecule has 144 valence electrons. The number of hydrogen-bond donors (Lipinski definition) is 3. The molecule has 8 nitrogen and oxygen atoms in total. The van der Waals surface area contributed by atoms with E-state index in [-0.39, 0.29) is 0 Å². The summed E-state index contributed by atoms with van der Waals surface area (Å²) in [7, 11) is 1.94. The van der Waals surface area contributed by atoms with Crippen LogP contribution in [0, 0.1) is 0 Å². The van der Waals surface area contributed by atoms with Crippen LogP contribution in [-0.4, -0.2) is 43.4 Å². The van der Waals surface area contributed by atoms with Gasteiger partial charge in [-0.25, -0.2) is 14.4 Å². The first-order chi connectivity index (χ1) is 13.7. The summed E-state index contributed by atoms with van der Waals surface area (Å²) in [6.45, 7) is 0.620. The Balaban J connectivity index is 0.000000429. The number of H-pyrrole nitrogens is 2. The summed E-state index contributed by atoms with van der Waals surface area (Å²) in [6, 6.07) is 9.64. The molecule has 4 aromatic heterocycles. The van der Waals surface area contributed by atoms with Gasteiger partial charge in [-0.3, -0.25) is 5.10 Å². The standard InChI is InChI=1S/C16H16N8.C3H5F/c1-24(10-11-2-3-12-13(20-11)4-7-17-12)16-18-8-5-14(22-16)21-15-6-9-19-23-15;4-3-1-2-3/h2-9,17H,10H2,1H3,(H2,18,19,21,22,23);3H,1-2H2. The van der Waals surface area contributed by atoms with Gasteiger partial charge in [0.25, 0.3) is 0 Å². The van der Waals surface area contributed by atoms with Crippen molar-refractivity contribution >= 4 is 28.6 Å². The molecule has 1 fully saturated rings. The predicted molar refractivity (Wildman–Crippen MR) is 106 cm³/mol. The van der Waals surface area contributed by atoms with Gasteiger partial charge in [-0.05, 0) is 37.1 Å². The third-order valence-corrected chi connectivity index (χ3v) is 4.12. The van der Waals surface area contributed by atoms with Gasteiger partial charge in [0, 0.05) is 25.5 Å². The third-order valence-electron chi connectivity index (χ3n) is 4.12. The van der Waals surface area contributed by atoms with Crippen LogP contribution < -0.4 is 10.2 Å². The lowest BCUT2D eigenvalue weighted by Crippen LogP contribution is -2.20. The van der Waals surface area contributed by atoms with Crippen molar-refractivity contribution in [1.29, 1.82) is 0 Å². The van der Waals surface area contributed by atoms with Crippen LogP contribution in [0.1, 0.15) is 18.5 Å². The van der Waals surface area contributed by atoms with E-state index in [9.17, 15) is 4.39 Å². The number of pyridine rings is 1. The molecule has 0 aromatic carbocycles. The third kappa shape index (κ3) is 4.61. The Morgan fingerprint density at radius 3 is 2.75 bits per heavy atom. The van der Waals surface area contributed by atoms with Crippen molar-refractivity contribution in [2.75, 3.05) is 17.3 Å². The molecule has 0 aliphatic heterocycles. The highest BCUT2D eigenvalue weighted by molar-refractivity contribution is 5.74. The molecule has 0 amide bonds. The first kappa shape index (κ1) is 17.9. The number of aromatic nitrogens is 6. The van der Waals surface area contributed by atoms with Gasteiger partial charge in [-0.1, -0.05) is 0 Å². The quantitative estimate of drug-likeness (QED) is 0.490. The highest BCUT2D eigenvalue weighted by atomic mass is 19.1. The predicted octanol–water partition coefficient (Wildman–Crippen LogP) is 3.57. The van der Waals surface area contributed by atoms with Crippen molar-refractivity contribution < 1.29 is 4.39 Å². The first-order valence-electron chi connectivity index (χ1n) is 9.05. The maximum atomic E-state index is 11.1. The second-order valence-electron chi connectivity index (χ2n) is 6.58. The smallest absolute Gasteiger partial charge is 0.227 e. The van der Waals surface area contributed by atoms with Gasteiger partial charge >= 0.3 is 0 Å². The van der Waals surface area contributed by atoms with Crippen LogP contribution in [0.4, 0.5) is 22.0 Å². The Kier molecular flexibility index (Phi) is 5.14. The van der Waals surface area contributed by atoms with Crippen molar-refractivity contribution in [3.63, 3.8) is 0 Å². The van der Waals surface area contributed by atoms with Crippen LogP contribution in [-0.2, 0) is 6.54 Å². The Morgan fingerprint density at radius 2 is 2.00 bits per heavy atom. The van der Waals surface area contributed by atoms with Crippen LogP contribution >= 0.6 is 0 Å². The Morgan fingerprint density at radius 1 is 1.14 bits per heavy atom. The summed E-state index contributed by atoms with van der Waals surface area (Å²) in [4.78, 5) is 18.6. The normalized spacial score (nSPS) is 13.1. The summed E-state index contributed by atoms with van der Waals surface area (Å²) in [5, 5.41) is 9.89. The second kappa shape index (κ2) is 8.03. The average molecular weight is 380 g/mol. The number of nitrogens with one attached hydrogen (secondary N) is 3. The van der Waals surface area contributed by atoms with E-state index in [1.165, 1.54) is 0 Å². The molecule has 0 radical (unpaired) electrons. The maximum Gasteiger partial charge on any atom is 0.227 e. The second-order valence-corrected chi connectivity index (χ2v) is 6.58. The summed E-state index contributed by atoms with van der Waals surface area (Å²) in [5.74, 6) is 2.10. The van der Waals surface area contributed by atoms with Gasteiger partial charge in [0.1, 0.15) is 17.8 Å². The summed E-state index contributed by atoms with van der Waals surface area (Å²) >= 11 is 0. The zero-order valence-electron chi connectivity index (χ0n) is 15.4. The molecule has 1 aliphatic carbocycles. The van der Waals surface area contributed by atoms with Gasteiger partial charge in [-0.2, -0.15) is 10.1 Å². The molecule has 4 heterocycles. The van der Waals surface area contributed by atoms with E-state index in [2.05, 4.69) is 35.5 Å². The van der Waals surface area contributed by atoms with Crippen LogP contribution in [0.15, 0.2) is 48.9 Å². The highest BCUT2D eigenvalue weighted by Gasteiger charge is 2.18. The molecule has 28 heavy (non-hydrogen) atoms. The van der Waals surface area contributed by atoms with E-state index in [0.29, 0.717) is 18.3 Å². The zero-order chi connectivity index (χ0) is 19.3. The average Bonchev–Trinajstić information content (AvgIpc) is 3.13. The minimum absolute atomic E-state index is 0.417. The Labute approximate surface area is 161 Å². The van der Waals surface area contributed by atoms with E-state index in [1.54, 1.807) is 12.4 Å². The lowest BCUT2D eigenvalue weighted by Gasteiger charge is -2.17. The van der Waals surface area contributed by atoms with E-state index < -0.39 is 6.17 Å². The summed E-state index contributed by atoms with van der Waals surface area (Å²) < 4.78 is 11.1. The largest absolute Gasteiger partial charge is 0.360 e. The molecular formula is C19H21FN8. The number of halogens is 1. The zero-order valence-corrected chi connectivity index (χ0v) is 15.4. The fourth-order valence-corrected chi connectivity index (χ4v) is 2.51. The van der Waals surface area contributed by atoms with Crippen LogP contribution in [0.5, 0.6) is 0 Å². The minimum Gasteiger partial charge on any atom is -0.360 e. The molecule has 3 N–H and O–H groups in total. The lowest BCUT2D eigenvalue weighted by molar-refractivity contribution is 0.480. The fourth-order valence-electron chi connectivity index (χ4n) is 2.51. The number of rotatable bonds is 5. The highest BCUT2D eigenvalue weighted by Crippen LogP contribution is 2.22. The number of fused-ring (bicyclic) bond motifs is 1. The van der Waals surface area contributed by atoms with Crippen LogP contribution in [0.2, 0.25) is 0 Å². The van der Waals surface area contributed by atoms with Crippen molar-refractivity contribution in [3.8, 4) is 0 Å². The topological polar surface area (TPSA) is 98.4 Å². The monoisotopic (exact) mass is 380 g/mol. The summed E-state index contributed by atoms with van der Waals surface area (Å²) in [6.07, 6.45) is 6.51. The fraction of sp³-hybridized carbons (Fsp3) is 0.263. The lowest BCUT2D eigenvalue weighted by atomic mass is 10.3. The Hall–Kier alpha value is -3.49. The number of alkyl halides is 1. The minimum atomic E-state index is -0.417. The molecule has 0 spiro atoms. The SMILES string of the molecule is CN(Cc1ccc2[nH]ccc2n1)c1nccc(Nc2ccn[nH]2)n1.FC1CC1. The molecule has 1 saturated carbocycles. The molecule has 5 rings (SSSR count). The van der Waals surface area contributed by atoms with Gasteiger partial charge in [0.2, 0.25) is 5.95 Å². The van der Waals surface area contributed by atoms with Gasteiger partial charge in [-0.15, -0.1) is 0 Å². The van der Waals surface area contributed by atoms with Crippen molar-refractivity contribution in [2.24, 2.45) is 0 Å². The molecule has 0 saturated heterocycles. The molecule has 0 bridgehead atoms. The maximum absolute atomic E-state index is 11.1. The molecule has 9 heteroatoms. The van der Waals surface area contributed by atoms with Gasteiger partial charge < -0.3 is 15.2 Å². The number of aromatic amines is 2. The van der Waals surface area contributed by atoms with Crippen LogP contribution in [0.25, 0.3) is 11.0 Å². The van der Waals surface area contributed by atoms with Crippen molar-refractivity contribution in [3.05, 3.63) is 54.6 Å². The van der Waals surface area contributed by atoms with Crippen molar-refractivity contribution in [2.45, 2.75) is 25.6 Å². The molecular weight excluding hydrogens is 359 g/mol. The van der Waals surface area contributed by atoms with E-state index in [0.717, 1.165) is 35.4 Å². The molecule has 0 atom stereocenters. The van der Waals surface area contributed by atoms with E-state index >= 15 is 0 Å². The van der Waals surface area contributed by atoms with Gasteiger partial charge in [0.15, 0.2) is 0 Å². The van der Waals surface area contributed by atoms with Gasteiger partial charge in [0.05, 0.1) is 29.5 Å². The van der Waals surface area contributed by atoms with Crippen molar-refractivity contribution in [1.82, 2.24) is 30.1 Å². The summed E-state index contributed by atoms with van der Waals surface area (Å²) in [5.41, 5.74) is 2.94. The van der Waals surface area contributed by atoms with Crippen LogP contribution in [0.3, 0.4) is 0 Å². The number of anilines is 3. The molecule has 1 aliphatic rings. The number of nitrogens with zero attached hydrogens (tertiary/aromatic N) is 5. The van der Waals surface area contributed by atoms with E-state index in [4.69, 9.17) is 0 Å².